The Hall–Kier alpha value is -2.80. The van der Waals surface area contributed by atoms with Gasteiger partial charge in [0.2, 0.25) is 0 Å². The van der Waals surface area contributed by atoms with Crippen LogP contribution in [0.3, 0.4) is 0 Å². The van der Waals surface area contributed by atoms with E-state index in [0.29, 0.717) is 30.5 Å². The number of phenols is 1. The minimum atomic E-state index is -1.42. The fourth-order valence-corrected chi connectivity index (χ4v) is 4.81. The standard InChI is InChI=1S/C27H25NO5.Na/c29-25-11-8-19(14-24(25)27(31)32)18-5-3-4-17(12-18)16-33-22-9-10-23-20(13-22)15-28(26(23)30)21-6-1-2-7-21;/h3-5,8-14,21,29H,1-2,6-7,15-16H2,(H,31,32);/q;+1/p-1. The fourth-order valence-electron chi connectivity index (χ4n) is 4.81. The Morgan fingerprint density at radius 3 is 2.56 bits per heavy atom. The molecule has 0 unspecified atom stereocenters. The number of carbonyl (C=O) groups is 2. The van der Waals surface area contributed by atoms with Gasteiger partial charge in [-0.3, -0.25) is 4.79 Å². The zero-order valence-electron chi connectivity index (χ0n) is 19.1. The molecule has 34 heavy (non-hydrogen) atoms. The van der Waals surface area contributed by atoms with Crippen LogP contribution in [0.4, 0.5) is 0 Å². The molecule has 1 N–H and O–H groups in total. The predicted octanol–water partition coefficient (Wildman–Crippen LogP) is 0.904. The normalized spacial score (nSPS) is 15.2. The van der Waals surface area contributed by atoms with Crippen LogP contribution in [0.5, 0.6) is 11.5 Å². The Kier molecular flexibility index (Phi) is 7.31. The van der Waals surface area contributed by atoms with Crippen LogP contribution in [0.25, 0.3) is 11.1 Å². The number of hydrogen-bond donors (Lipinski definition) is 1. The van der Waals surface area contributed by atoms with Crippen LogP contribution < -0.4 is 39.4 Å². The molecule has 1 amide bonds. The van der Waals surface area contributed by atoms with Crippen molar-refractivity contribution in [3.63, 3.8) is 0 Å². The van der Waals surface area contributed by atoms with E-state index in [4.69, 9.17) is 4.74 Å². The summed E-state index contributed by atoms with van der Waals surface area (Å²) < 4.78 is 6.01. The molecule has 1 aliphatic heterocycles. The second-order valence-corrected chi connectivity index (χ2v) is 8.70. The van der Waals surface area contributed by atoms with Crippen molar-refractivity contribution in [3.8, 4) is 22.6 Å². The molecule has 5 rings (SSSR count). The summed E-state index contributed by atoms with van der Waals surface area (Å²) in [5.74, 6) is -0.902. The van der Waals surface area contributed by atoms with Crippen LogP contribution >= 0.6 is 0 Å². The van der Waals surface area contributed by atoms with Gasteiger partial charge < -0.3 is 24.6 Å². The Bertz CT molecular complexity index is 1240. The third-order valence-corrected chi connectivity index (χ3v) is 6.56. The van der Waals surface area contributed by atoms with E-state index >= 15 is 0 Å². The van der Waals surface area contributed by atoms with Crippen LogP contribution in [-0.2, 0) is 13.2 Å². The molecule has 0 bridgehead atoms. The van der Waals surface area contributed by atoms with Crippen molar-refractivity contribution in [2.75, 3.05) is 0 Å². The number of aromatic carboxylic acids is 1. The first-order valence-electron chi connectivity index (χ1n) is 11.2. The molecule has 1 saturated carbocycles. The van der Waals surface area contributed by atoms with Gasteiger partial charge in [0, 0.05) is 23.7 Å². The Morgan fingerprint density at radius 2 is 1.79 bits per heavy atom. The largest absolute Gasteiger partial charge is 1.00 e. The number of nitrogens with zero attached hydrogens (tertiary/aromatic N) is 1. The molecule has 168 valence electrons. The third-order valence-electron chi connectivity index (χ3n) is 6.56. The summed E-state index contributed by atoms with van der Waals surface area (Å²) in [6, 6.07) is 18.0. The van der Waals surface area contributed by atoms with Crippen molar-refractivity contribution in [2.24, 2.45) is 0 Å². The molecule has 1 fully saturated rings. The smallest absolute Gasteiger partial charge is 0.545 e. The maximum absolute atomic E-state index is 12.8. The van der Waals surface area contributed by atoms with Crippen LogP contribution in [-0.4, -0.2) is 27.9 Å². The molecular weight excluding hydrogens is 441 g/mol. The molecule has 1 heterocycles. The van der Waals surface area contributed by atoms with Crippen molar-refractivity contribution in [3.05, 3.63) is 82.9 Å². The minimum absolute atomic E-state index is 0. The molecule has 0 aromatic heterocycles. The van der Waals surface area contributed by atoms with Crippen molar-refractivity contribution in [1.29, 1.82) is 0 Å². The summed E-state index contributed by atoms with van der Waals surface area (Å²) >= 11 is 0. The van der Waals surface area contributed by atoms with Crippen LogP contribution in [0.15, 0.2) is 60.7 Å². The van der Waals surface area contributed by atoms with Gasteiger partial charge in [-0.25, -0.2) is 0 Å². The Balaban J connectivity index is 0.00000274. The van der Waals surface area contributed by atoms with E-state index in [-0.39, 0.29) is 46.8 Å². The molecule has 0 radical (unpaired) electrons. The second kappa shape index (κ2) is 10.2. The molecule has 0 spiro atoms. The Morgan fingerprint density at radius 1 is 1.03 bits per heavy atom. The van der Waals surface area contributed by atoms with E-state index in [1.807, 2.05) is 47.4 Å². The average Bonchev–Trinajstić information content (AvgIpc) is 3.46. The zero-order chi connectivity index (χ0) is 22.9. The van der Waals surface area contributed by atoms with Crippen molar-refractivity contribution in [2.45, 2.75) is 44.9 Å². The van der Waals surface area contributed by atoms with Crippen LogP contribution in [0.2, 0.25) is 0 Å². The van der Waals surface area contributed by atoms with Gasteiger partial charge in [0.1, 0.15) is 18.1 Å². The number of rotatable bonds is 6. The van der Waals surface area contributed by atoms with Gasteiger partial charge in [0.05, 0.1) is 5.97 Å². The van der Waals surface area contributed by atoms with Gasteiger partial charge in [-0.05, 0) is 71.5 Å². The monoisotopic (exact) mass is 465 g/mol. The number of hydrogen-bond acceptors (Lipinski definition) is 5. The third kappa shape index (κ3) is 4.85. The van der Waals surface area contributed by atoms with Gasteiger partial charge in [0.15, 0.2) is 0 Å². The summed E-state index contributed by atoms with van der Waals surface area (Å²) in [5, 5.41) is 20.9. The van der Waals surface area contributed by atoms with Crippen molar-refractivity contribution in [1.82, 2.24) is 4.90 Å². The molecule has 0 atom stereocenters. The molecule has 3 aromatic rings. The molecule has 6 nitrogen and oxygen atoms in total. The molecule has 2 aliphatic rings. The van der Waals surface area contributed by atoms with E-state index in [9.17, 15) is 19.8 Å². The van der Waals surface area contributed by atoms with E-state index < -0.39 is 5.97 Å². The molecule has 1 aliphatic carbocycles. The van der Waals surface area contributed by atoms with Crippen molar-refractivity contribution < 1.29 is 54.1 Å². The van der Waals surface area contributed by atoms with Crippen LogP contribution in [0, 0.1) is 0 Å². The molecule has 0 saturated heterocycles. The number of fused-ring (bicyclic) bond motifs is 1. The van der Waals surface area contributed by atoms with Gasteiger partial charge >= 0.3 is 29.6 Å². The number of carboxylic acids is 1. The SMILES string of the molecule is O=C([O-])c1cc(-c2cccc(COc3ccc4c(c3)CN(C3CCCC3)C4=O)c2)ccc1O.[Na+]. The first kappa shape index (κ1) is 24.3. The topological polar surface area (TPSA) is 89.9 Å². The molecular formula is C27H24NNaO5. The first-order chi connectivity index (χ1) is 16.0. The predicted molar refractivity (Wildman–Crippen MR) is 121 cm³/mol. The van der Waals surface area contributed by atoms with Gasteiger partial charge in [-0.15, -0.1) is 0 Å². The number of carbonyl (C=O) groups excluding carboxylic acids is 2. The molecule has 7 heteroatoms. The van der Waals surface area contributed by atoms with Gasteiger partial charge in [-0.2, -0.15) is 0 Å². The summed E-state index contributed by atoms with van der Waals surface area (Å²) in [4.78, 5) is 26.0. The fraction of sp³-hybridized carbons (Fsp3) is 0.259. The summed E-state index contributed by atoms with van der Waals surface area (Å²) in [6.07, 6.45) is 4.56. The maximum atomic E-state index is 12.8. The van der Waals surface area contributed by atoms with Crippen molar-refractivity contribution >= 4 is 11.9 Å². The summed E-state index contributed by atoms with van der Waals surface area (Å²) in [6.45, 7) is 0.978. The maximum Gasteiger partial charge on any atom is 1.00 e. The summed E-state index contributed by atoms with van der Waals surface area (Å²) in [7, 11) is 0. The number of ether oxygens (including phenoxy) is 1. The van der Waals surface area contributed by atoms with Gasteiger partial charge in [-0.1, -0.05) is 37.1 Å². The van der Waals surface area contributed by atoms with Crippen LogP contribution in [0.1, 0.15) is 57.5 Å². The van der Waals surface area contributed by atoms with E-state index in [2.05, 4.69) is 0 Å². The van der Waals surface area contributed by atoms with E-state index in [0.717, 1.165) is 35.1 Å². The number of amides is 1. The quantitative estimate of drug-likeness (QED) is 0.547. The Labute approximate surface area is 220 Å². The zero-order valence-corrected chi connectivity index (χ0v) is 21.1. The number of carboxylic acid groups (broad SMARTS) is 1. The van der Waals surface area contributed by atoms with E-state index in [1.165, 1.54) is 25.0 Å². The number of aromatic hydroxyl groups is 1. The molecule has 3 aromatic carbocycles. The summed E-state index contributed by atoms with van der Waals surface area (Å²) in [5.41, 5.74) is 3.93. The first-order valence-corrected chi connectivity index (χ1v) is 11.2. The number of benzene rings is 3. The van der Waals surface area contributed by atoms with Gasteiger partial charge in [0.25, 0.3) is 5.91 Å². The second-order valence-electron chi connectivity index (χ2n) is 8.70. The average molecular weight is 465 g/mol. The minimum Gasteiger partial charge on any atom is -0.545 e. The van der Waals surface area contributed by atoms with E-state index in [1.54, 1.807) is 6.07 Å².